The molecule has 6 heteroatoms. The lowest BCUT2D eigenvalue weighted by atomic mass is 10.2. The van der Waals surface area contributed by atoms with E-state index >= 15 is 0 Å². The fraction of sp³-hybridized carbons (Fsp3) is 0.333. The smallest absolute Gasteiger partial charge is 0.225 e. The molecule has 2 aromatic rings. The fourth-order valence-corrected chi connectivity index (χ4v) is 2.70. The predicted molar refractivity (Wildman–Crippen MR) is 92.2 cm³/mol. The molecule has 110 valence electrons. The summed E-state index contributed by atoms with van der Waals surface area (Å²) >= 11 is 2.22. The third-order valence-electron chi connectivity index (χ3n) is 3.61. The number of nitrogens with zero attached hydrogens (tertiary/aromatic N) is 4. The van der Waals surface area contributed by atoms with Crippen molar-refractivity contribution < 1.29 is 4.74 Å². The van der Waals surface area contributed by atoms with Crippen LogP contribution in [0.25, 0.3) is 0 Å². The Balaban J connectivity index is 1.62. The van der Waals surface area contributed by atoms with Crippen LogP contribution >= 0.6 is 22.6 Å². The lowest BCUT2D eigenvalue weighted by Crippen LogP contribution is -2.47. The molecular weight excluding hydrogens is 379 g/mol. The third-order valence-corrected chi connectivity index (χ3v) is 4.16. The third kappa shape index (κ3) is 3.37. The highest BCUT2D eigenvalue weighted by Crippen LogP contribution is 2.21. The molecule has 1 aliphatic heterocycles. The molecule has 0 saturated carbocycles. The number of anilines is 2. The highest BCUT2D eigenvalue weighted by atomic mass is 127. The zero-order valence-electron chi connectivity index (χ0n) is 11.9. The van der Waals surface area contributed by atoms with Crippen molar-refractivity contribution >= 4 is 34.2 Å². The van der Waals surface area contributed by atoms with Gasteiger partial charge in [-0.25, -0.2) is 9.97 Å². The summed E-state index contributed by atoms with van der Waals surface area (Å²) in [5.74, 6) is 1.72. The molecule has 1 aromatic carbocycles. The Morgan fingerprint density at radius 2 is 1.52 bits per heavy atom. The van der Waals surface area contributed by atoms with Gasteiger partial charge in [0.2, 0.25) is 5.95 Å². The number of piperazine rings is 1. The first-order valence-electron chi connectivity index (χ1n) is 6.88. The van der Waals surface area contributed by atoms with Crippen molar-refractivity contribution in [2.75, 3.05) is 43.1 Å². The van der Waals surface area contributed by atoms with Crippen LogP contribution in [0.3, 0.4) is 0 Å². The minimum Gasteiger partial charge on any atom is -0.497 e. The van der Waals surface area contributed by atoms with E-state index in [1.54, 1.807) is 7.11 Å². The first-order chi connectivity index (χ1) is 10.3. The zero-order valence-corrected chi connectivity index (χ0v) is 14.0. The van der Waals surface area contributed by atoms with Crippen LogP contribution in [0.4, 0.5) is 11.6 Å². The highest BCUT2D eigenvalue weighted by Gasteiger charge is 2.19. The molecule has 0 radical (unpaired) electrons. The van der Waals surface area contributed by atoms with Gasteiger partial charge in [0.05, 0.1) is 7.11 Å². The van der Waals surface area contributed by atoms with E-state index in [1.165, 1.54) is 5.69 Å². The largest absolute Gasteiger partial charge is 0.497 e. The number of hydrogen-bond donors (Lipinski definition) is 0. The van der Waals surface area contributed by atoms with E-state index in [9.17, 15) is 0 Å². The van der Waals surface area contributed by atoms with E-state index in [0.717, 1.165) is 41.4 Å². The second-order valence-corrected chi connectivity index (χ2v) is 6.12. The molecule has 21 heavy (non-hydrogen) atoms. The lowest BCUT2D eigenvalue weighted by molar-refractivity contribution is 0.415. The van der Waals surface area contributed by atoms with Gasteiger partial charge in [0, 0.05) is 47.8 Å². The number of benzene rings is 1. The van der Waals surface area contributed by atoms with Gasteiger partial charge in [0.1, 0.15) is 5.75 Å². The van der Waals surface area contributed by atoms with E-state index in [0.29, 0.717) is 0 Å². The van der Waals surface area contributed by atoms with E-state index in [4.69, 9.17) is 4.74 Å². The van der Waals surface area contributed by atoms with E-state index in [-0.39, 0.29) is 0 Å². The van der Waals surface area contributed by atoms with Crippen molar-refractivity contribution in [2.45, 2.75) is 0 Å². The van der Waals surface area contributed by atoms with Crippen LogP contribution in [0, 0.1) is 3.57 Å². The molecule has 0 amide bonds. The van der Waals surface area contributed by atoms with E-state index < -0.39 is 0 Å². The summed E-state index contributed by atoms with van der Waals surface area (Å²) in [5, 5.41) is 0. The summed E-state index contributed by atoms with van der Waals surface area (Å²) in [5.41, 5.74) is 1.24. The maximum atomic E-state index is 5.20. The molecule has 1 aliphatic rings. The van der Waals surface area contributed by atoms with Crippen molar-refractivity contribution in [2.24, 2.45) is 0 Å². The van der Waals surface area contributed by atoms with Crippen LogP contribution in [0.2, 0.25) is 0 Å². The molecule has 0 unspecified atom stereocenters. The van der Waals surface area contributed by atoms with Gasteiger partial charge in [-0.15, -0.1) is 0 Å². The van der Waals surface area contributed by atoms with Crippen molar-refractivity contribution in [1.82, 2.24) is 9.97 Å². The fourth-order valence-electron chi connectivity index (χ4n) is 2.43. The summed E-state index contributed by atoms with van der Waals surface area (Å²) in [4.78, 5) is 13.4. The van der Waals surface area contributed by atoms with E-state index in [2.05, 4.69) is 54.5 Å². The average Bonchev–Trinajstić information content (AvgIpc) is 2.56. The van der Waals surface area contributed by atoms with Gasteiger partial charge in [-0.05, 0) is 46.9 Å². The van der Waals surface area contributed by atoms with Crippen LogP contribution in [-0.2, 0) is 0 Å². The van der Waals surface area contributed by atoms with Gasteiger partial charge in [-0.1, -0.05) is 0 Å². The van der Waals surface area contributed by atoms with Gasteiger partial charge < -0.3 is 14.5 Å². The van der Waals surface area contributed by atoms with Crippen molar-refractivity contribution in [3.8, 4) is 5.75 Å². The Labute approximate surface area is 138 Å². The minimum absolute atomic E-state index is 0.824. The SMILES string of the molecule is COc1ccc(N2CCN(c3ncc(I)cn3)CC2)cc1. The number of rotatable bonds is 3. The molecule has 1 aromatic heterocycles. The molecule has 0 spiro atoms. The molecule has 0 N–H and O–H groups in total. The lowest BCUT2D eigenvalue weighted by Gasteiger charge is -2.36. The van der Waals surface area contributed by atoms with Gasteiger partial charge in [0.25, 0.3) is 0 Å². The number of hydrogen-bond acceptors (Lipinski definition) is 5. The Morgan fingerprint density at radius 1 is 0.952 bits per heavy atom. The van der Waals surface area contributed by atoms with Gasteiger partial charge in [0.15, 0.2) is 0 Å². The number of aromatic nitrogens is 2. The zero-order chi connectivity index (χ0) is 14.7. The minimum atomic E-state index is 0.824. The van der Waals surface area contributed by atoms with Crippen molar-refractivity contribution in [3.63, 3.8) is 0 Å². The molecule has 1 fully saturated rings. The number of halogens is 1. The second-order valence-electron chi connectivity index (χ2n) is 4.87. The first kappa shape index (κ1) is 14.4. The number of ether oxygens (including phenoxy) is 1. The van der Waals surface area contributed by atoms with Gasteiger partial charge >= 0.3 is 0 Å². The van der Waals surface area contributed by atoms with Crippen LogP contribution in [-0.4, -0.2) is 43.3 Å². The molecule has 0 atom stereocenters. The predicted octanol–water partition coefficient (Wildman–Crippen LogP) is 2.42. The number of methoxy groups -OCH3 is 1. The summed E-state index contributed by atoms with van der Waals surface area (Å²) in [6.07, 6.45) is 3.72. The Hall–Kier alpha value is -1.57. The summed E-state index contributed by atoms with van der Waals surface area (Å²) in [7, 11) is 1.69. The molecule has 0 bridgehead atoms. The van der Waals surface area contributed by atoms with Crippen molar-refractivity contribution in [1.29, 1.82) is 0 Å². The topological polar surface area (TPSA) is 41.5 Å². The summed E-state index contributed by atoms with van der Waals surface area (Å²) in [6.45, 7) is 3.82. The maximum Gasteiger partial charge on any atom is 0.225 e. The Kier molecular flexibility index (Phi) is 4.42. The van der Waals surface area contributed by atoms with Crippen LogP contribution in [0.5, 0.6) is 5.75 Å². The van der Waals surface area contributed by atoms with Crippen LogP contribution in [0.1, 0.15) is 0 Å². The van der Waals surface area contributed by atoms with Crippen molar-refractivity contribution in [3.05, 3.63) is 40.2 Å². The second kappa shape index (κ2) is 6.46. The monoisotopic (exact) mass is 396 g/mol. The summed E-state index contributed by atoms with van der Waals surface area (Å²) in [6, 6.07) is 8.22. The highest BCUT2D eigenvalue weighted by molar-refractivity contribution is 14.1. The molecular formula is C15H17IN4O. The van der Waals surface area contributed by atoms with Crippen LogP contribution in [0.15, 0.2) is 36.7 Å². The molecule has 3 rings (SSSR count). The normalized spacial score (nSPS) is 15.1. The first-order valence-corrected chi connectivity index (χ1v) is 7.95. The standard InChI is InChI=1S/C15H17IN4O/c1-21-14-4-2-13(3-5-14)19-6-8-20(9-7-19)15-17-10-12(16)11-18-15/h2-5,10-11H,6-9H2,1H3. The van der Waals surface area contributed by atoms with Gasteiger partial charge in [-0.3, -0.25) is 0 Å². The molecule has 0 aliphatic carbocycles. The maximum absolute atomic E-state index is 5.20. The summed E-state index contributed by atoms with van der Waals surface area (Å²) < 4.78 is 6.26. The Morgan fingerprint density at radius 3 is 2.10 bits per heavy atom. The average molecular weight is 396 g/mol. The Bertz CT molecular complexity index is 580. The molecule has 1 saturated heterocycles. The van der Waals surface area contributed by atoms with Gasteiger partial charge in [-0.2, -0.15) is 0 Å². The molecule has 2 heterocycles. The molecule has 5 nitrogen and oxygen atoms in total. The van der Waals surface area contributed by atoms with E-state index in [1.807, 2.05) is 24.5 Å². The van der Waals surface area contributed by atoms with Crippen LogP contribution < -0.4 is 14.5 Å². The quantitative estimate of drug-likeness (QED) is 0.746.